The van der Waals surface area contributed by atoms with E-state index in [4.69, 9.17) is 9.47 Å². The Bertz CT molecular complexity index is 1920. The summed E-state index contributed by atoms with van der Waals surface area (Å²) in [4.78, 5) is 103. The van der Waals surface area contributed by atoms with Gasteiger partial charge in [-0.3, -0.25) is 44.2 Å². The Hall–Kier alpha value is -5.80. The van der Waals surface area contributed by atoms with Crippen LogP contribution in [0.4, 0.5) is 4.79 Å². The molecule has 2 fully saturated rings. The van der Waals surface area contributed by atoms with Crippen LogP contribution in [0.2, 0.25) is 0 Å². The monoisotopic (exact) mass is 730 g/mol. The van der Waals surface area contributed by atoms with E-state index in [1.165, 1.54) is 15.9 Å². The summed E-state index contributed by atoms with van der Waals surface area (Å²) >= 11 is 0. The standard InChI is InChI=1S/C37H42N6O10/c1-36(2,40-29(46)19-52-25-9-6-8-21-22(25)18-43(33(21)49)24-12-14-28(45)39-32(24)48)15-16-37(3,4)41-35(51)53-26-10-5-7-20-17-42(34(50)30(20)26)23-11-13-27(44)38-31(23)47/h5-10,23-24H,11-19H2,1-4H3,(H,40,46)(H,41,51)(H,38,44,47)(H,39,45,48). The van der Waals surface area contributed by atoms with E-state index in [9.17, 15) is 38.4 Å². The van der Waals surface area contributed by atoms with Crippen LogP contribution < -0.4 is 30.7 Å². The van der Waals surface area contributed by atoms with Gasteiger partial charge in [0.05, 0.1) is 12.1 Å². The minimum absolute atomic E-state index is 0.0558. The van der Waals surface area contributed by atoms with Crippen LogP contribution in [0.1, 0.15) is 98.1 Å². The van der Waals surface area contributed by atoms with Gasteiger partial charge in [0.15, 0.2) is 6.61 Å². The molecule has 4 heterocycles. The predicted octanol–water partition coefficient (Wildman–Crippen LogP) is 1.83. The molecule has 4 aliphatic heterocycles. The van der Waals surface area contributed by atoms with Crippen molar-refractivity contribution in [3.8, 4) is 11.5 Å². The number of nitrogens with one attached hydrogen (secondary N) is 4. The van der Waals surface area contributed by atoms with Crippen LogP contribution >= 0.6 is 0 Å². The van der Waals surface area contributed by atoms with E-state index < -0.39 is 52.9 Å². The molecule has 0 radical (unpaired) electrons. The number of fused-ring (bicyclic) bond motifs is 2. The molecule has 0 saturated carbocycles. The van der Waals surface area contributed by atoms with Crippen LogP contribution in [0.15, 0.2) is 36.4 Å². The van der Waals surface area contributed by atoms with Crippen molar-refractivity contribution in [2.45, 2.75) is 102 Å². The van der Waals surface area contributed by atoms with E-state index in [0.717, 1.165) is 0 Å². The minimum Gasteiger partial charge on any atom is -0.483 e. The molecule has 2 unspecified atom stereocenters. The first-order valence-electron chi connectivity index (χ1n) is 17.5. The summed E-state index contributed by atoms with van der Waals surface area (Å²) in [5, 5.41) is 10.3. The Morgan fingerprint density at radius 1 is 0.755 bits per heavy atom. The van der Waals surface area contributed by atoms with E-state index in [1.807, 2.05) is 13.8 Å². The third kappa shape index (κ3) is 8.00. The van der Waals surface area contributed by atoms with Gasteiger partial charge in [-0.1, -0.05) is 18.2 Å². The normalized spacial score (nSPS) is 20.1. The smallest absolute Gasteiger partial charge is 0.413 e. The van der Waals surface area contributed by atoms with Gasteiger partial charge in [-0.2, -0.15) is 0 Å². The summed E-state index contributed by atoms with van der Waals surface area (Å²) in [6.45, 7) is 7.20. The predicted molar refractivity (Wildman–Crippen MR) is 185 cm³/mol. The van der Waals surface area contributed by atoms with Gasteiger partial charge in [0, 0.05) is 41.6 Å². The molecule has 16 nitrogen and oxygen atoms in total. The molecule has 0 spiro atoms. The highest BCUT2D eigenvalue weighted by Crippen LogP contribution is 2.35. The highest BCUT2D eigenvalue weighted by molar-refractivity contribution is 6.07. The fraction of sp³-hybridized carbons (Fsp3) is 0.459. The van der Waals surface area contributed by atoms with Crippen molar-refractivity contribution in [3.63, 3.8) is 0 Å². The number of rotatable bonds is 11. The SMILES string of the molecule is CC(C)(CCC(C)(C)NC(=O)Oc1cccc2c1C(=O)N(C1CCC(=O)NC1=O)C2)NC(=O)COc1cccc2c1CN(C1CCC(=O)NC1=O)C2=O. The zero-order valence-corrected chi connectivity index (χ0v) is 30.0. The van der Waals surface area contributed by atoms with Gasteiger partial charge in [0.25, 0.3) is 17.7 Å². The quantitative estimate of drug-likeness (QED) is 0.247. The largest absolute Gasteiger partial charge is 0.483 e. The number of carbonyl (C=O) groups excluding carboxylic acids is 8. The van der Waals surface area contributed by atoms with Crippen LogP contribution in [-0.2, 0) is 37.1 Å². The van der Waals surface area contributed by atoms with Gasteiger partial charge in [-0.25, -0.2) is 4.79 Å². The Balaban J connectivity index is 0.989. The van der Waals surface area contributed by atoms with Gasteiger partial charge in [-0.05, 0) is 77.1 Å². The molecule has 0 aliphatic carbocycles. The van der Waals surface area contributed by atoms with Crippen LogP contribution in [0, 0.1) is 0 Å². The Kier molecular flexibility index (Phi) is 9.99. The molecule has 280 valence electrons. The number of hydrogen-bond acceptors (Lipinski definition) is 10. The number of piperidine rings is 2. The second-order valence-electron chi connectivity index (χ2n) is 15.0. The lowest BCUT2D eigenvalue weighted by Gasteiger charge is -2.32. The third-order valence-corrected chi connectivity index (χ3v) is 9.91. The zero-order valence-electron chi connectivity index (χ0n) is 30.0. The molecule has 8 amide bonds. The second-order valence-corrected chi connectivity index (χ2v) is 15.0. The molecule has 0 aromatic heterocycles. The number of ether oxygens (including phenoxy) is 2. The van der Waals surface area contributed by atoms with Gasteiger partial charge in [0.1, 0.15) is 23.6 Å². The van der Waals surface area contributed by atoms with Crippen LogP contribution in [-0.4, -0.2) is 87.0 Å². The topological polar surface area (TPSA) is 210 Å². The summed E-state index contributed by atoms with van der Waals surface area (Å²) in [5.41, 5.74) is 0.220. The van der Waals surface area contributed by atoms with Crippen molar-refractivity contribution in [3.05, 3.63) is 58.7 Å². The number of nitrogens with zero attached hydrogens (tertiary/aromatic N) is 2. The molecule has 2 aromatic carbocycles. The van der Waals surface area contributed by atoms with Crippen molar-refractivity contribution in [2.24, 2.45) is 0 Å². The van der Waals surface area contributed by atoms with E-state index in [-0.39, 0.29) is 74.4 Å². The summed E-state index contributed by atoms with van der Waals surface area (Å²) in [5.74, 6) is -2.61. The van der Waals surface area contributed by atoms with Crippen molar-refractivity contribution in [2.75, 3.05) is 6.61 Å². The first-order chi connectivity index (χ1) is 25.0. The van der Waals surface area contributed by atoms with Gasteiger partial charge in [0.2, 0.25) is 23.6 Å². The molecule has 2 atom stereocenters. The first kappa shape index (κ1) is 37.0. The summed E-state index contributed by atoms with van der Waals surface area (Å²) in [6, 6.07) is 8.24. The molecule has 6 rings (SSSR count). The van der Waals surface area contributed by atoms with Gasteiger partial charge < -0.3 is 29.9 Å². The highest BCUT2D eigenvalue weighted by Gasteiger charge is 2.42. The summed E-state index contributed by atoms with van der Waals surface area (Å²) in [6.07, 6.45) is 0.796. The maximum absolute atomic E-state index is 13.4. The molecule has 53 heavy (non-hydrogen) atoms. The van der Waals surface area contributed by atoms with Gasteiger partial charge >= 0.3 is 6.09 Å². The van der Waals surface area contributed by atoms with Crippen molar-refractivity contribution < 1.29 is 47.8 Å². The van der Waals surface area contributed by atoms with Crippen molar-refractivity contribution in [1.29, 1.82) is 0 Å². The minimum atomic E-state index is -0.800. The number of benzene rings is 2. The Labute approximate surface area is 305 Å². The van der Waals surface area contributed by atoms with Crippen molar-refractivity contribution in [1.82, 2.24) is 31.1 Å². The zero-order chi connectivity index (χ0) is 38.2. The van der Waals surface area contributed by atoms with E-state index in [2.05, 4.69) is 21.3 Å². The highest BCUT2D eigenvalue weighted by atomic mass is 16.6. The van der Waals surface area contributed by atoms with Crippen LogP contribution in [0.3, 0.4) is 0 Å². The number of hydrogen-bond donors (Lipinski definition) is 4. The van der Waals surface area contributed by atoms with E-state index in [1.54, 1.807) is 44.2 Å². The Morgan fingerprint density at radius 2 is 1.32 bits per heavy atom. The molecule has 2 aromatic rings. The maximum atomic E-state index is 13.4. The van der Waals surface area contributed by atoms with E-state index in [0.29, 0.717) is 35.3 Å². The average Bonchev–Trinajstić information content (AvgIpc) is 3.59. The lowest BCUT2D eigenvalue weighted by atomic mass is 9.89. The molecule has 0 bridgehead atoms. The molecule has 2 saturated heterocycles. The Morgan fingerprint density at radius 3 is 1.94 bits per heavy atom. The van der Waals surface area contributed by atoms with Crippen LogP contribution in [0.25, 0.3) is 0 Å². The fourth-order valence-corrected chi connectivity index (χ4v) is 7.07. The number of amides is 8. The fourth-order valence-electron chi connectivity index (χ4n) is 7.07. The first-order valence-corrected chi connectivity index (χ1v) is 17.5. The molecule has 4 aliphatic rings. The van der Waals surface area contributed by atoms with E-state index >= 15 is 0 Å². The maximum Gasteiger partial charge on any atom is 0.413 e. The number of carbonyl (C=O) groups is 8. The summed E-state index contributed by atoms with van der Waals surface area (Å²) < 4.78 is 11.5. The lowest BCUT2D eigenvalue weighted by Crippen LogP contribution is -2.52. The van der Waals surface area contributed by atoms with Crippen molar-refractivity contribution >= 4 is 47.4 Å². The molecular weight excluding hydrogens is 688 g/mol. The van der Waals surface area contributed by atoms with Gasteiger partial charge in [-0.15, -0.1) is 0 Å². The summed E-state index contributed by atoms with van der Waals surface area (Å²) in [7, 11) is 0. The second kappa shape index (κ2) is 14.3. The van der Waals surface area contributed by atoms with Crippen LogP contribution in [0.5, 0.6) is 11.5 Å². The average molecular weight is 731 g/mol. The molecular formula is C37H42N6O10. The molecule has 16 heteroatoms. The molecule has 4 N–H and O–H groups in total. The lowest BCUT2D eigenvalue weighted by molar-refractivity contribution is -0.138. The number of imide groups is 2. The third-order valence-electron chi connectivity index (χ3n) is 9.91.